The number of hydrogen-bond donors (Lipinski definition) is 2. The van der Waals surface area contributed by atoms with Gasteiger partial charge in [-0.05, 0) is 12.1 Å². The van der Waals surface area contributed by atoms with Gasteiger partial charge in [0.25, 0.3) is 5.91 Å². The molecule has 2 N–H and O–H groups in total. The molecule has 2 aliphatic heterocycles. The minimum Gasteiger partial charge on any atom is -0.361 e. The van der Waals surface area contributed by atoms with Gasteiger partial charge in [-0.1, -0.05) is 0 Å². The topological polar surface area (TPSA) is 60.5 Å². The number of pyridine rings is 1. The van der Waals surface area contributed by atoms with Gasteiger partial charge in [-0.15, -0.1) is 0 Å². The number of carbonyl (C=O) groups excluding carboxylic acids is 1. The number of hydrogen-bond acceptors (Lipinski definition) is 5. The van der Waals surface area contributed by atoms with Crippen LogP contribution in [0.25, 0.3) is 0 Å². The van der Waals surface area contributed by atoms with Crippen LogP contribution in [0.1, 0.15) is 10.5 Å². The van der Waals surface area contributed by atoms with E-state index in [1.165, 1.54) is 0 Å². The van der Waals surface area contributed by atoms with Crippen LogP contribution in [0.5, 0.6) is 0 Å². The summed E-state index contributed by atoms with van der Waals surface area (Å²) in [5.74, 6) is 0.762. The third-order valence-electron chi connectivity index (χ3n) is 3.82. The van der Waals surface area contributed by atoms with Gasteiger partial charge in [0.15, 0.2) is 5.82 Å². The summed E-state index contributed by atoms with van der Waals surface area (Å²) in [4.78, 5) is 20.7. The third-order valence-corrected chi connectivity index (χ3v) is 3.82. The lowest BCUT2D eigenvalue weighted by atomic mass is 10.1. The standard InChI is InChI=1S/C13H19N5O/c1-14-13(19)10-3-4-11-12(16-10)17(2)8-9-7-15-5-6-18(9)11/h3-4,9,15H,5-8H2,1-2H3,(H,14,19)/t9-/m0/s1. The van der Waals surface area contributed by atoms with Crippen LogP contribution in [0.15, 0.2) is 12.1 Å². The number of carbonyl (C=O) groups is 1. The maximum atomic E-state index is 11.7. The van der Waals surface area contributed by atoms with Crippen LogP contribution in [-0.4, -0.2) is 57.2 Å². The Kier molecular flexibility index (Phi) is 3.02. The first-order valence-electron chi connectivity index (χ1n) is 6.62. The van der Waals surface area contributed by atoms with Gasteiger partial charge in [-0.2, -0.15) is 0 Å². The molecule has 1 aromatic rings. The normalized spacial score (nSPS) is 21.7. The van der Waals surface area contributed by atoms with Gasteiger partial charge in [-0.25, -0.2) is 4.98 Å². The summed E-state index contributed by atoms with van der Waals surface area (Å²) in [5.41, 5.74) is 1.61. The fourth-order valence-corrected chi connectivity index (χ4v) is 2.84. The van der Waals surface area contributed by atoms with Gasteiger partial charge in [0.2, 0.25) is 0 Å². The second-order valence-corrected chi connectivity index (χ2v) is 5.05. The molecule has 1 atom stereocenters. The van der Waals surface area contributed by atoms with Gasteiger partial charge in [0.05, 0.1) is 11.7 Å². The van der Waals surface area contributed by atoms with E-state index < -0.39 is 0 Å². The van der Waals surface area contributed by atoms with E-state index >= 15 is 0 Å². The van der Waals surface area contributed by atoms with Crippen molar-refractivity contribution in [2.45, 2.75) is 6.04 Å². The van der Waals surface area contributed by atoms with E-state index in [9.17, 15) is 4.79 Å². The maximum absolute atomic E-state index is 11.7. The van der Waals surface area contributed by atoms with Gasteiger partial charge >= 0.3 is 0 Å². The van der Waals surface area contributed by atoms with Crippen molar-refractivity contribution in [1.29, 1.82) is 0 Å². The second kappa shape index (κ2) is 4.70. The van der Waals surface area contributed by atoms with Crippen LogP contribution < -0.4 is 20.4 Å². The Morgan fingerprint density at radius 1 is 1.53 bits per heavy atom. The molecule has 2 aliphatic rings. The molecule has 1 amide bonds. The van der Waals surface area contributed by atoms with Crippen molar-refractivity contribution in [3.8, 4) is 0 Å². The first-order chi connectivity index (χ1) is 9.20. The van der Waals surface area contributed by atoms with Crippen LogP contribution in [0.4, 0.5) is 11.5 Å². The van der Waals surface area contributed by atoms with Crippen molar-refractivity contribution < 1.29 is 4.79 Å². The van der Waals surface area contributed by atoms with Crippen molar-refractivity contribution in [2.75, 3.05) is 50.1 Å². The number of nitrogens with one attached hydrogen (secondary N) is 2. The predicted molar refractivity (Wildman–Crippen MR) is 74.9 cm³/mol. The molecule has 0 unspecified atom stereocenters. The first-order valence-corrected chi connectivity index (χ1v) is 6.62. The average Bonchev–Trinajstić information content (AvgIpc) is 2.46. The number of fused-ring (bicyclic) bond motifs is 3. The van der Waals surface area contributed by atoms with Crippen molar-refractivity contribution >= 4 is 17.4 Å². The van der Waals surface area contributed by atoms with Crippen LogP contribution >= 0.6 is 0 Å². The quantitative estimate of drug-likeness (QED) is 0.725. The molecular weight excluding hydrogens is 242 g/mol. The summed E-state index contributed by atoms with van der Waals surface area (Å²) in [6.45, 7) is 3.93. The summed E-state index contributed by atoms with van der Waals surface area (Å²) >= 11 is 0. The largest absolute Gasteiger partial charge is 0.361 e. The van der Waals surface area contributed by atoms with Crippen molar-refractivity contribution in [3.05, 3.63) is 17.8 Å². The lowest BCUT2D eigenvalue weighted by Crippen LogP contribution is -2.58. The number of nitrogens with zero attached hydrogens (tertiary/aromatic N) is 3. The highest BCUT2D eigenvalue weighted by Gasteiger charge is 2.32. The molecule has 0 saturated carbocycles. The highest BCUT2D eigenvalue weighted by Crippen LogP contribution is 2.33. The van der Waals surface area contributed by atoms with E-state index in [-0.39, 0.29) is 5.91 Å². The Balaban J connectivity index is 2.00. The number of likely N-dealkylation sites (N-methyl/N-ethyl adjacent to an activating group) is 1. The second-order valence-electron chi connectivity index (χ2n) is 5.05. The lowest BCUT2D eigenvalue weighted by Gasteiger charge is -2.45. The van der Waals surface area contributed by atoms with Crippen LogP contribution in [0.2, 0.25) is 0 Å². The summed E-state index contributed by atoms with van der Waals surface area (Å²) < 4.78 is 0. The third kappa shape index (κ3) is 2.02. The zero-order chi connectivity index (χ0) is 13.4. The molecular formula is C13H19N5O. The maximum Gasteiger partial charge on any atom is 0.269 e. The smallest absolute Gasteiger partial charge is 0.269 e. The van der Waals surface area contributed by atoms with Gasteiger partial charge in [0, 0.05) is 40.3 Å². The van der Waals surface area contributed by atoms with E-state index in [2.05, 4.69) is 25.4 Å². The van der Waals surface area contributed by atoms with Gasteiger partial charge in [-0.3, -0.25) is 4.79 Å². The number of amides is 1. The Morgan fingerprint density at radius 3 is 3.16 bits per heavy atom. The van der Waals surface area contributed by atoms with Gasteiger partial charge < -0.3 is 20.4 Å². The molecule has 3 heterocycles. The molecule has 0 bridgehead atoms. The molecule has 102 valence electrons. The number of rotatable bonds is 1. The van der Waals surface area contributed by atoms with Crippen LogP contribution in [0, 0.1) is 0 Å². The Bertz CT molecular complexity index is 504. The molecule has 3 rings (SSSR count). The van der Waals surface area contributed by atoms with E-state index in [0.29, 0.717) is 11.7 Å². The summed E-state index contributed by atoms with van der Waals surface area (Å²) in [6, 6.07) is 4.30. The fourth-order valence-electron chi connectivity index (χ4n) is 2.84. The molecule has 1 saturated heterocycles. The SMILES string of the molecule is CNC(=O)c1ccc2c(n1)N(C)C[C@@H]1CNCCN21. The molecule has 0 aromatic carbocycles. The van der Waals surface area contributed by atoms with E-state index in [1.54, 1.807) is 13.1 Å². The molecule has 0 aliphatic carbocycles. The minimum atomic E-state index is -0.140. The van der Waals surface area contributed by atoms with E-state index in [0.717, 1.165) is 37.7 Å². The number of aromatic nitrogens is 1. The molecule has 1 aromatic heterocycles. The van der Waals surface area contributed by atoms with Gasteiger partial charge in [0.1, 0.15) is 5.69 Å². The molecule has 0 radical (unpaired) electrons. The lowest BCUT2D eigenvalue weighted by molar-refractivity contribution is 0.0958. The number of anilines is 2. The fraction of sp³-hybridized carbons (Fsp3) is 0.538. The zero-order valence-electron chi connectivity index (χ0n) is 11.3. The highest BCUT2D eigenvalue weighted by atomic mass is 16.1. The Labute approximate surface area is 112 Å². The van der Waals surface area contributed by atoms with Crippen molar-refractivity contribution in [3.63, 3.8) is 0 Å². The monoisotopic (exact) mass is 261 g/mol. The summed E-state index contributed by atoms with van der Waals surface area (Å²) in [5, 5.41) is 6.04. The first kappa shape index (κ1) is 12.2. The van der Waals surface area contributed by atoms with E-state index in [1.807, 2.05) is 13.1 Å². The Morgan fingerprint density at radius 2 is 2.37 bits per heavy atom. The number of piperazine rings is 1. The van der Waals surface area contributed by atoms with E-state index in [4.69, 9.17) is 0 Å². The molecule has 1 fully saturated rings. The van der Waals surface area contributed by atoms with Crippen LogP contribution in [0.3, 0.4) is 0 Å². The molecule has 19 heavy (non-hydrogen) atoms. The highest BCUT2D eigenvalue weighted by molar-refractivity contribution is 5.93. The zero-order valence-corrected chi connectivity index (χ0v) is 11.3. The summed E-state index contributed by atoms with van der Waals surface area (Å²) in [7, 11) is 3.66. The molecule has 6 heteroatoms. The van der Waals surface area contributed by atoms with Crippen molar-refractivity contribution in [1.82, 2.24) is 15.6 Å². The predicted octanol–water partition coefficient (Wildman–Crippen LogP) is -0.331. The van der Waals surface area contributed by atoms with Crippen molar-refractivity contribution in [2.24, 2.45) is 0 Å². The average molecular weight is 261 g/mol. The minimum absolute atomic E-state index is 0.140. The van der Waals surface area contributed by atoms with Crippen LogP contribution in [-0.2, 0) is 0 Å². The molecule has 6 nitrogen and oxygen atoms in total. The Hall–Kier alpha value is -1.82. The molecule has 0 spiro atoms. The summed E-state index contributed by atoms with van der Waals surface area (Å²) in [6.07, 6.45) is 0.